The molecule has 1 aliphatic rings. The summed E-state index contributed by atoms with van der Waals surface area (Å²) >= 11 is 0. The van der Waals surface area contributed by atoms with Crippen molar-refractivity contribution in [2.45, 2.75) is 31.7 Å². The van der Waals surface area contributed by atoms with E-state index in [-0.39, 0.29) is 18.7 Å². The van der Waals surface area contributed by atoms with Gasteiger partial charge in [-0.2, -0.15) is 5.26 Å². The molecule has 1 fully saturated rings. The second-order valence-corrected chi connectivity index (χ2v) is 4.98. The van der Waals surface area contributed by atoms with Crippen molar-refractivity contribution in [3.05, 3.63) is 29.8 Å². The Morgan fingerprint density at radius 2 is 2.35 bits per heavy atom. The van der Waals surface area contributed by atoms with Gasteiger partial charge in [0.15, 0.2) is 0 Å². The van der Waals surface area contributed by atoms with Gasteiger partial charge in [0.1, 0.15) is 0 Å². The molecule has 5 heteroatoms. The van der Waals surface area contributed by atoms with Gasteiger partial charge < -0.3 is 15.3 Å². The first-order valence-electron chi connectivity index (χ1n) is 6.93. The monoisotopic (exact) mass is 273 g/mol. The molecule has 2 amide bonds. The third-order valence-electron chi connectivity index (χ3n) is 3.59. The van der Waals surface area contributed by atoms with E-state index in [1.807, 2.05) is 0 Å². The third-order valence-corrected chi connectivity index (χ3v) is 3.59. The van der Waals surface area contributed by atoms with E-state index in [2.05, 4.69) is 11.4 Å². The summed E-state index contributed by atoms with van der Waals surface area (Å²) in [5, 5.41) is 20.8. The molecular formula is C15H19N3O2. The molecule has 0 radical (unpaired) electrons. The summed E-state index contributed by atoms with van der Waals surface area (Å²) < 4.78 is 0. The molecule has 1 unspecified atom stereocenters. The van der Waals surface area contributed by atoms with E-state index in [1.54, 1.807) is 29.2 Å². The van der Waals surface area contributed by atoms with Gasteiger partial charge in [-0.3, -0.25) is 0 Å². The lowest BCUT2D eigenvalue weighted by Gasteiger charge is -2.35. The average Bonchev–Trinajstić information content (AvgIpc) is 2.48. The molecule has 1 heterocycles. The Morgan fingerprint density at radius 3 is 3.10 bits per heavy atom. The van der Waals surface area contributed by atoms with Crippen LogP contribution in [0.2, 0.25) is 0 Å². The molecule has 2 N–H and O–H groups in total. The van der Waals surface area contributed by atoms with Crippen molar-refractivity contribution in [2.24, 2.45) is 0 Å². The Kier molecular flexibility index (Phi) is 4.97. The van der Waals surface area contributed by atoms with E-state index < -0.39 is 0 Å². The molecule has 20 heavy (non-hydrogen) atoms. The number of likely N-dealkylation sites (tertiary alicyclic amines) is 1. The number of anilines is 1. The number of hydrogen-bond donors (Lipinski definition) is 2. The van der Waals surface area contributed by atoms with E-state index in [0.717, 1.165) is 19.3 Å². The van der Waals surface area contributed by atoms with E-state index in [4.69, 9.17) is 10.4 Å². The number of aliphatic hydroxyl groups excluding tert-OH is 1. The first-order chi connectivity index (χ1) is 9.74. The molecule has 2 rings (SSSR count). The summed E-state index contributed by atoms with van der Waals surface area (Å²) in [6, 6.07) is 8.87. The number of carbonyl (C=O) groups is 1. The van der Waals surface area contributed by atoms with Gasteiger partial charge in [0.25, 0.3) is 0 Å². The van der Waals surface area contributed by atoms with Crippen molar-refractivity contribution >= 4 is 11.7 Å². The number of nitrogens with one attached hydrogen (secondary N) is 1. The van der Waals surface area contributed by atoms with Gasteiger partial charge in [0.05, 0.1) is 11.6 Å². The highest BCUT2D eigenvalue weighted by Crippen LogP contribution is 2.21. The Bertz CT molecular complexity index is 508. The molecule has 0 aliphatic carbocycles. The van der Waals surface area contributed by atoms with Gasteiger partial charge in [-0.15, -0.1) is 0 Å². The van der Waals surface area contributed by atoms with Gasteiger partial charge in [-0.1, -0.05) is 6.07 Å². The fourth-order valence-corrected chi connectivity index (χ4v) is 2.58. The Hall–Kier alpha value is -2.06. The van der Waals surface area contributed by atoms with Crippen LogP contribution in [0, 0.1) is 11.3 Å². The second-order valence-electron chi connectivity index (χ2n) is 4.98. The number of hydrogen-bond acceptors (Lipinski definition) is 3. The van der Waals surface area contributed by atoms with Crippen LogP contribution in [0.15, 0.2) is 24.3 Å². The fourth-order valence-electron chi connectivity index (χ4n) is 2.58. The molecule has 1 aromatic carbocycles. The lowest BCUT2D eigenvalue weighted by Crippen LogP contribution is -2.46. The van der Waals surface area contributed by atoms with Crippen LogP contribution in [0.4, 0.5) is 10.5 Å². The highest BCUT2D eigenvalue weighted by atomic mass is 16.3. The van der Waals surface area contributed by atoms with Crippen molar-refractivity contribution in [3.63, 3.8) is 0 Å². The lowest BCUT2D eigenvalue weighted by atomic mass is 10.0. The molecule has 0 bridgehead atoms. The standard InChI is InChI=1S/C15H19N3O2/c16-11-12-4-3-5-13(10-12)17-15(20)18-8-2-1-6-14(18)7-9-19/h3-5,10,14,19H,1-2,6-9H2,(H,17,20). The summed E-state index contributed by atoms with van der Waals surface area (Å²) in [7, 11) is 0. The minimum Gasteiger partial charge on any atom is -0.396 e. The number of aliphatic hydroxyl groups is 1. The van der Waals surface area contributed by atoms with E-state index in [9.17, 15) is 4.79 Å². The topological polar surface area (TPSA) is 76.4 Å². The van der Waals surface area contributed by atoms with Crippen LogP contribution in [0.1, 0.15) is 31.2 Å². The molecule has 1 saturated heterocycles. The van der Waals surface area contributed by atoms with E-state index in [0.29, 0.717) is 24.2 Å². The highest BCUT2D eigenvalue weighted by Gasteiger charge is 2.26. The van der Waals surface area contributed by atoms with E-state index in [1.165, 1.54) is 0 Å². The van der Waals surface area contributed by atoms with Crippen LogP contribution in [0.5, 0.6) is 0 Å². The zero-order valence-corrected chi connectivity index (χ0v) is 11.4. The molecule has 0 saturated carbocycles. The molecular weight excluding hydrogens is 254 g/mol. The van der Waals surface area contributed by atoms with Crippen molar-refractivity contribution in [1.29, 1.82) is 5.26 Å². The normalized spacial score (nSPS) is 18.4. The largest absolute Gasteiger partial charge is 0.396 e. The van der Waals surface area contributed by atoms with Gasteiger partial charge in [0, 0.05) is 24.9 Å². The Morgan fingerprint density at radius 1 is 1.50 bits per heavy atom. The maximum atomic E-state index is 12.3. The number of amides is 2. The fraction of sp³-hybridized carbons (Fsp3) is 0.467. The number of nitrogens with zero attached hydrogens (tertiary/aromatic N) is 2. The number of carbonyl (C=O) groups excluding carboxylic acids is 1. The first kappa shape index (κ1) is 14.4. The van der Waals surface area contributed by atoms with Crippen molar-refractivity contribution < 1.29 is 9.90 Å². The smallest absolute Gasteiger partial charge is 0.322 e. The van der Waals surface area contributed by atoms with Gasteiger partial charge in [-0.25, -0.2) is 4.79 Å². The molecule has 106 valence electrons. The maximum Gasteiger partial charge on any atom is 0.322 e. The van der Waals surface area contributed by atoms with Crippen molar-refractivity contribution in [1.82, 2.24) is 4.90 Å². The van der Waals surface area contributed by atoms with Crippen LogP contribution in [0.3, 0.4) is 0 Å². The number of urea groups is 1. The maximum absolute atomic E-state index is 12.3. The SMILES string of the molecule is N#Cc1cccc(NC(=O)N2CCCCC2CCO)c1. The van der Waals surface area contributed by atoms with Gasteiger partial charge in [-0.05, 0) is 43.9 Å². The summed E-state index contributed by atoms with van der Waals surface area (Å²) in [4.78, 5) is 14.1. The van der Waals surface area contributed by atoms with Crippen LogP contribution >= 0.6 is 0 Å². The third kappa shape index (κ3) is 3.49. The Labute approximate surface area is 118 Å². The van der Waals surface area contributed by atoms with Crippen molar-refractivity contribution in [3.8, 4) is 6.07 Å². The molecule has 0 spiro atoms. The van der Waals surface area contributed by atoms with Crippen LogP contribution in [-0.4, -0.2) is 35.2 Å². The minimum absolute atomic E-state index is 0.0956. The summed E-state index contributed by atoms with van der Waals surface area (Å²) in [6.07, 6.45) is 3.64. The van der Waals surface area contributed by atoms with Gasteiger partial charge in [0.2, 0.25) is 0 Å². The number of benzene rings is 1. The molecule has 1 atom stereocenters. The molecule has 1 aromatic rings. The van der Waals surface area contributed by atoms with Crippen LogP contribution < -0.4 is 5.32 Å². The van der Waals surface area contributed by atoms with Crippen molar-refractivity contribution in [2.75, 3.05) is 18.5 Å². The molecule has 0 aromatic heterocycles. The summed E-state index contributed by atoms with van der Waals surface area (Å²) in [6.45, 7) is 0.812. The van der Waals surface area contributed by atoms with Crippen LogP contribution in [0.25, 0.3) is 0 Å². The second kappa shape index (κ2) is 6.92. The zero-order valence-electron chi connectivity index (χ0n) is 11.4. The predicted molar refractivity (Wildman–Crippen MR) is 76.2 cm³/mol. The quantitative estimate of drug-likeness (QED) is 0.887. The highest BCUT2D eigenvalue weighted by molar-refractivity contribution is 5.89. The lowest BCUT2D eigenvalue weighted by molar-refractivity contribution is 0.141. The van der Waals surface area contributed by atoms with E-state index >= 15 is 0 Å². The van der Waals surface area contributed by atoms with Gasteiger partial charge >= 0.3 is 6.03 Å². The summed E-state index contributed by atoms with van der Waals surface area (Å²) in [5.74, 6) is 0. The molecule has 1 aliphatic heterocycles. The minimum atomic E-state index is -0.154. The Balaban J connectivity index is 2.04. The predicted octanol–water partition coefficient (Wildman–Crippen LogP) is 2.33. The number of piperidine rings is 1. The molecule has 5 nitrogen and oxygen atoms in total. The average molecular weight is 273 g/mol. The zero-order chi connectivity index (χ0) is 14.4. The summed E-state index contributed by atoms with van der Waals surface area (Å²) in [5.41, 5.74) is 1.15. The number of nitriles is 1. The number of rotatable bonds is 3. The van der Waals surface area contributed by atoms with Crippen LogP contribution in [-0.2, 0) is 0 Å². The first-order valence-corrected chi connectivity index (χ1v) is 6.93.